The smallest absolute Gasteiger partial charge is 0.301 e. The molecular formula is C30H28N2O6S. The third-order valence-corrected chi connectivity index (χ3v) is 7.64. The van der Waals surface area contributed by atoms with E-state index in [1.807, 2.05) is 32.9 Å². The Labute approximate surface area is 230 Å². The zero-order valence-corrected chi connectivity index (χ0v) is 23.1. The maximum Gasteiger partial charge on any atom is 0.301 e. The van der Waals surface area contributed by atoms with Gasteiger partial charge in [0.05, 0.1) is 36.6 Å². The fraction of sp³-hybridized carbons (Fsp3) is 0.233. The minimum absolute atomic E-state index is 0.0668. The summed E-state index contributed by atoms with van der Waals surface area (Å²) in [6.45, 7) is 6.33. The average Bonchev–Trinajstić information content (AvgIpc) is 3.46. The third-order valence-electron chi connectivity index (χ3n) is 6.64. The Morgan fingerprint density at radius 3 is 2.46 bits per heavy atom. The van der Waals surface area contributed by atoms with Gasteiger partial charge in [-0.3, -0.25) is 14.5 Å². The number of hydrogen-bond acceptors (Lipinski definition) is 8. The molecule has 1 atom stereocenters. The van der Waals surface area contributed by atoms with Crippen LogP contribution < -0.4 is 19.1 Å². The number of carbonyl (C=O) groups excluding carboxylic acids is 2. The first-order valence-electron chi connectivity index (χ1n) is 12.4. The molecule has 8 nitrogen and oxygen atoms in total. The summed E-state index contributed by atoms with van der Waals surface area (Å²) in [5.41, 5.74) is 3.58. The van der Waals surface area contributed by atoms with E-state index in [1.165, 1.54) is 30.5 Å². The van der Waals surface area contributed by atoms with E-state index in [2.05, 4.69) is 0 Å². The third kappa shape index (κ3) is 4.48. The van der Waals surface area contributed by atoms with Gasteiger partial charge in [-0.25, -0.2) is 4.98 Å². The Morgan fingerprint density at radius 1 is 1.05 bits per heavy atom. The Balaban J connectivity index is 1.76. The van der Waals surface area contributed by atoms with Crippen molar-refractivity contribution in [3.63, 3.8) is 0 Å². The predicted octanol–water partition coefficient (Wildman–Crippen LogP) is 5.96. The van der Waals surface area contributed by atoms with Crippen molar-refractivity contribution in [2.24, 2.45) is 0 Å². The Hall–Kier alpha value is -4.37. The largest absolute Gasteiger partial charge is 0.507 e. The van der Waals surface area contributed by atoms with Crippen LogP contribution in [-0.4, -0.2) is 42.6 Å². The highest BCUT2D eigenvalue weighted by atomic mass is 32.1. The van der Waals surface area contributed by atoms with Crippen molar-refractivity contribution in [3.05, 3.63) is 82.4 Å². The molecule has 1 fully saturated rings. The number of aliphatic hydroxyl groups excluding tert-OH is 1. The number of carbonyl (C=O) groups is 2. The topological polar surface area (TPSA) is 98.2 Å². The molecule has 0 bridgehead atoms. The second kappa shape index (κ2) is 10.4. The summed E-state index contributed by atoms with van der Waals surface area (Å²) < 4.78 is 17.6. The first-order valence-corrected chi connectivity index (χ1v) is 13.2. The summed E-state index contributed by atoms with van der Waals surface area (Å²) in [5.74, 6) is -0.503. The van der Waals surface area contributed by atoms with Crippen molar-refractivity contribution in [2.75, 3.05) is 25.7 Å². The lowest BCUT2D eigenvalue weighted by Gasteiger charge is -2.25. The number of benzene rings is 3. The zero-order valence-electron chi connectivity index (χ0n) is 22.3. The number of fused-ring (bicyclic) bond motifs is 1. The number of anilines is 1. The van der Waals surface area contributed by atoms with Gasteiger partial charge in [0.15, 0.2) is 16.6 Å². The maximum absolute atomic E-state index is 13.7. The summed E-state index contributed by atoms with van der Waals surface area (Å²) >= 11 is 1.32. The van der Waals surface area contributed by atoms with Crippen LogP contribution in [0.5, 0.6) is 17.2 Å². The second-order valence-corrected chi connectivity index (χ2v) is 10.1. The molecule has 1 saturated heterocycles. The molecule has 1 N–H and O–H groups in total. The fourth-order valence-corrected chi connectivity index (χ4v) is 6.11. The van der Waals surface area contributed by atoms with Crippen molar-refractivity contribution in [2.45, 2.75) is 26.8 Å². The van der Waals surface area contributed by atoms with Gasteiger partial charge in [-0.2, -0.15) is 0 Å². The molecule has 1 unspecified atom stereocenters. The molecule has 1 amide bonds. The number of aryl methyl sites for hydroxylation is 2. The van der Waals surface area contributed by atoms with Crippen LogP contribution in [0.4, 0.5) is 5.13 Å². The van der Waals surface area contributed by atoms with Gasteiger partial charge in [0.1, 0.15) is 17.6 Å². The number of Topliss-reactive ketones (excluding diaryl/α,β-unsaturated/α-hetero) is 1. The van der Waals surface area contributed by atoms with Gasteiger partial charge in [-0.15, -0.1) is 0 Å². The highest BCUT2D eigenvalue weighted by Crippen LogP contribution is 2.48. The molecule has 39 heavy (non-hydrogen) atoms. The number of para-hydroxylation sites is 1. The van der Waals surface area contributed by atoms with Gasteiger partial charge >= 0.3 is 5.91 Å². The van der Waals surface area contributed by atoms with Crippen molar-refractivity contribution in [1.82, 2.24) is 4.98 Å². The number of amides is 1. The van der Waals surface area contributed by atoms with Crippen molar-refractivity contribution >= 4 is 44.1 Å². The molecular weight excluding hydrogens is 516 g/mol. The van der Waals surface area contributed by atoms with E-state index in [0.717, 1.165) is 21.3 Å². The van der Waals surface area contributed by atoms with E-state index >= 15 is 0 Å². The lowest BCUT2D eigenvalue weighted by atomic mass is 9.94. The molecule has 0 radical (unpaired) electrons. The first kappa shape index (κ1) is 26.2. The second-order valence-electron chi connectivity index (χ2n) is 9.13. The van der Waals surface area contributed by atoms with Crippen LogP contribution in [0.1, 0.15) is 35.2 Å². The molecule has 3 aromatic carbocycles. The van der Waals surface area contributed by atoms with Crippen LogP contribution in [-0.2, 0) is 9.59 Å². The number of nitrogens with zero attached hydrogens (tertiary/aromatic N) is 2. The maximum atomic E-state index is 13.7. The summed E-state index contributed by atoms with van der Waals surface area (Å²) in [6, 6.07) is 14.9. The van der Waals surface area contributed by atoms with Gasteiger partial charge in [0.25, 0.3) is 5.78 Å². The monoisotopic (exact) mass is 544 g/mol. The van der Waals surface area contributed by atoms with Crippen LogP contribution in [0, 0.1) is 13.8 Å². The molecule has 1 aliphatic heterocycles. The number of aromatic nitrogens is 1. The van der Waals surface area contributed by atoms with Crippen molar-refractivity contribution in [3.8, 4) is 17.2 Å². The number of ether oxygens (including phenoxy) is 3. The van der Waals surface area contributed by atoms with E-state index in [9.17, 15) is 14.7 Å². The number of methoxy groups -OCH3 is 2. The summed E-state index contributed by atoms with van der Waals surface area (Å²) in [6.07, 6.45) is 0. The van der Waals surface area contributed by atoms with E-state index < -0.39 is 17.7 Å². The van der Waals surface area contributed by atoms with Gasteiger partial charge in [0, 0.05) is 11.1 Å². The predicted molar refractivity (Wildman–Crippen MR) is 151 cm³/mol. The van der Waals surface area contributed by atoms with Gasteiger partial charge in [-0.05, 0) is 68.3 Å². The molecule has 1 aromatic heterocycles. The number of hydrogen-bond donors (Lipinski definition) is 1. The SMILES string of the molecule is CCOc1ccc(C(O)=C2C(=O)C(=O)N(c3nc4c(C)cc(C)cc4s3)C2c2cccc(OC)c2OC)cc1. The summed E-state index contributed by atoms with van der Waals surface area (Å²) in [4.78, 5) is 33.4. The highest BCUT2D eigenvalue weighted by Gasteiger charge is 2.49. The quantitative estimate of drug-likeness (QED) is 0.174. The average molecular weight is 545 g/mol. The lowest BCUT2D eigenvalue weighted by molar-refractivity contribution is -0.132. The van der Waals surface area contributed by atoms with Gasteiger partial charge in [-0.1, -0.05) is 29.5 Å². The number of ketones is 1. The summed E-state index contributed by atoms with van der Waals surface area (Å²) in [5, 5.41) is 11.8. The highest BCUT2D eigenvalue weighted by molar-refractivity contribution is 7.22. The van der Waals surface area contributed by atoms with E-state index in [-0.39, 0.29) is 11.3 Å². The molecule has 2 heterocycles. The van der Waals surface area contributed by atoms with Gasteiger partial charge < -0.3 is 19.3 Å². The van der Waals surface area contributed by atoms with Crippen LogP contribution in [0.25, 0.3) is 16.0 Å². The molecule has 0 aliphatic carbocycles. The van der Waals surface area contributed by atoms with E-state index in [1.54, 1.807) is 42.5 Å². The van der Waals surface area contributed by atoms with Crippen molar-refractivity contribution < 1.29 is 28.9 Å². The molecule has 0 spiro atoms. The number of thiazole rings is 1. The first-order chi connectivity index (χ1) is 18.8. The van der Waals surface area contributed by atoms with Crippen LogP contribution in [0.15, 0.2) is 60.2 Å². The number of rotatable bonds is 7. The molecule has 1 aliphatic rings. The van der Waals surface area contributed by atoms with Crippen LogP contribution in [0.3, 0.4) is 0 Å². The Kier molecular flexibility index (Phi) is 7.01. The van der Waals surface area contributed by atoms with Crippen LogP contribution in [0.2, 0.25) is 0 Å². The Morgan fingerprint density at radius 2 is 1.79 bits per heavy atom. The lowest BCUT2D eigenvalue weighted by Crippen LogP contribution is -2.29. The van der Waals surface area contributed by atoms with Gasteiger partial charge in [0.2, 0.25) is 0 Å². The molecule has 5 rings (SSSR count). The Bertz CT molecular complexity index is 1620. The fourth-order valence-electron chi connectivity index (χ4n) is 4.94. The van der Waals surface area contributed by atoms with E-state index in [0.29, 0.717) is 40.1 Å². The molecule has 0 saturated carbocycles. The van der Waals surface area contributed by atoms with E-state index in [4.69, 9.17) is 19.2 Å². The van der Waals surface area contributed by atoms with Crippen LogP contribution >= 0.6 is 11.3 Å². The summed E-state index contributed by atoms with van der Waals surface area (Å²) in [7, 11) is 3.00. The zero-order chi connectivity index (χ0) is 27.8. The minimum Gasteiger partial charge on any atom is -0.507 e. The molecule has 9 heteroatoms. The van der Waals surface area contributed by atoms with Crippen molar-refractivity contribution in [1.29, 1.82) is 0 Å². The normalized spacial score (nSPS) is 16.6. The molecule has 200 valence electrons. The standard InChI is InChI=1S/C30H28N2O6S/c1-6-38-19-12-10-18(11-13-19)26(33)23-25(20-8-7-9-21(36-4)28(20)37-5)32(29(35)27(23)34)30-31-24-17(3)14-16(2)15-22(24)39-30/h7-15,25,33H,6H2,1-5H3. The molecule has 4 aromatic rings. The minimum atomic E-state index is -1.01. The number of aliphatic hydroxyl groups is 1.